The molecule has 1 unspecified atom stereocenters. The molecule has 1 aromatic rings. The molecule has 0 saturated heterocycles. The Morgan fingerprint density at radius 3 is 2.35 bits per heavy atom. The van der Waals surface area contributed by atoms with Crippen molar-refractivity contribution in [2.45, 2.75) is 39.5 Å². The van der Waals surface area contributed by atoms with E-state index in [0.717, 1.165) is 24.8 Å². The standard InChI is InChI=1S/C15H23NO/c1-3-13-6-8-14(9-7-13)11-15(17)12(2)5-4-10-16/h6-9,12H,3-5,10-11,16H2,1-2H3. The van der Waals surface area contributed by atoms with Crippen molar-refractivity contribution in [3.8, 4) is 0 Å². The minimum absolute atomic E-state index is 0.129. The van der Waals surface area contributed by atoms with Gasteiger partial charge in [0.05, 0.1) is 0 Å². The zero-order valence-electron chi connectivity index (χ0n) is 10.9. The topological polar surface area (TPSA) is 43.1 Å². The summed E-state index contributed by atoms with van der Waals surface area (Å²) in [6.45, 7) is 4.80. The monoisotopic (exact) mass is 233 g/mol. The van der Waals surface area contributed by atoms with Crippen molar-refractivity contribution in [3.63, 3.8) is 0 Å². The second-order valence-corrected chi connectivity index (χ2v) is 4.65. The van der Waals surface area contributed by atoms with Crippen LogP contribution in [0.15, 0.2) is 24.3 Å². The van der Waals surface area contributed by atoms with E-state index in [9.17, 15) is 4.79 Å². The van der Waals surface area contributed by atoms with Crippen LogP contribution in [0.3, 0.4) is 0 Å². The number of carbonyl (C=O) groups is 1. The van der Waals surface area contributed by atoms with Gasteiger partial charge in [0.2, 0.25) is 0 Å². The van der Waals surface area contributed by atoms with Crippen molar-refractivity contribution in [3.05, 3.63) is 35.4 Å². The van der Waals surface area contributed by atoms with Crippen LogP contribution < -0.4 is 5.73 Å². The van der Waals surface area contributed by atoms with Gasteiger partial charge < -0.3 is 5.73 Å². The lowest BCUT2D eigenvalue weighted by molar-refractivity contribution is -0.121. The SMILES string of the molecule is CCc1ccc(CC(=O)C(C)CCCN)cc1. The van der Waals surface area contributed by atoms with E-state index in [1.807, 2.05) is 6.92 Å². The number of rotatable bonds is 7. The molecule has 94 valence electrons. The average Bonchev–Trinajstić information content (AvgIpc) is 2.36. The summed E-state index contributed by atoms with van der Waals surface area (Å²) in [6.07, 6.45) is 3.43. The van der Waals surface area contributed by atoms with Crippen molar-refractivity contribution in [1.82, 2.24) is 0 Å². The molecular weight excluding hydrogens is 210 g/mol. The van der Waals surface area contributed by atoms with Crippen molar-refractivity contribution in [2.24, 2.45) is 11.7 Å². The van der Waals surface area contributed by atoms with E-state index in [1.165, 1.54) is 5.56 Å². The number of hydrogen-bond donors (Lipinski definition) is 1. The van der Waals surface area contributed by atoms with Gasteiger partial charge in [0.1, 0.15) is 5.78 Å². The second-order valence-electron chi connectivity index (χ2n) is 4.65. The summed E-state index contributed by atoms with van der Waals surface area (Å²) < 4.78 is 0. The molecule has 0 radical (unpaired) electrons. The molecule has 2 heteroatoms. The molecule has 0 heterocycles. The van der Waals surface area contributed by atoms with E-state index < -0.39 is 0 Å². The molecule has 0 aliphatic carbocycles. The predicted molar refractivity (Wildman–Crippen MR) is 72.0 cm³/mol. The van der Waals surface area contributed by atoms with Crippen LogP contribution in [0.25, 0.3) is 0 Å². The zero-order chi connectivity index (χ0) is 12.7. The summed E-state index contributed by atoms with van der Waals surface area (Å²) >= 11 is 0. The van der Waals surface area contributed by atoms with Crippen LogP contribution >= 0.6 is 0 Å². The third-order valence-corrected chi connectivity index (χ3v) is 3.20. The average molecular weight is 233 g/mol. The Bertz CT molecular complexity index is 342. The highest BCUT2D eigenvalue weighted by Crippen LogP contribution is 2.12. The van der Waals surface area contributed by atoms with Gasteiger partial charge in [-0.3, -0.25) is 4.79 Å². The minimum atomic E-state index is 0.129. The summed E-state index contributed by atoms with van der Waals surface area (Å²) in [5, 5.41) is 0. The van der Waals surface area contributed by atoms with Gasteiger partial charge in [-0.1, -0.05) is 38.1 Å². The molecule has 17 heavy (non-hydrogen) atoms. The lowest BCUT2D eigenvalue weighted by atomic mass is 9.95. The first-order chi connectivity index (χ1) is 8.17. The smallest absolute Gasteiger partial charge is 0.140 e. The fraction of sp³-hybridized carbons (Fsp3) is 0.533. The van der Waals surface area contributed by atoms with Crippen LogP contribution in [0.4, 0.5) is 0 Å². The summed E-state index contributed by atoms with van der Waals surface area (Å²) in [5.41, 5.74) is 7.88. The van der Waals surface area contributed by atoms with Gasteiger partial charge in [0.25, 0.3) is 0 Å². The van der Waals surface area contributed by atoms with Crippen LogP contribution in [0.2, 0.25) is 0 Å². The van der Waals surface area contributed by atoms with Gasteiger partial charge in [0.15, 0.2) is 0 Å². The molecule has 1 atom stereocenters. The van der Waals surface area contributed by atoms with Crippen LogP contribution in [0, 0.1) is 5.92 Å². The van der Waals surface area contributed by atoms with Crippen molar-refractivity contribution in [2.75, 3.05) is 6.54 Å². The lowest BCUT2D eigenvalue weighted by Crippen LogP contribution is -2.15. The number of aryl methyl sites for hydroxylation is 1. The molecule has 0 fully saturated rings. The maximum absolute atomic E-state index is 11.9. The first kappa shape index (κ1) is 13.9. The summed E-state index contributed by atoms with van der Waals surface area (Å²) in [7, 11) is 0. The third-order valence-electron chi connectivity index (χ3n) is 3.20. The zero-order valence-corrected chi connectivity index (χ0v) is 10.9. The normalized spacial score (nSPS) is 12.4. The van der Waals surface area contributed by atoms with Gasteiger partial charge in [-0.2, -0.15) is 0 Å². The highest BCUT2D eigenvalue weighted by molar-refractivity contribution is 5.82. The Balaban J connectivity index is 2.49. The first-order valence-corrected chi connectivity index (χ1v) is 6.48. The summed E-state index contributed by atoms with van der Waals surface area (Å²) in [5.74, 6) is 0.451. The maximum atomic E-state index is 11.9. The lowest BCUT2D eigenvalue weighted by Gasteiger charge is -2.09. The van der Waals surface area contributed by atoms with E-state index in [2.05, 4.69) is 31.2 Å². The molecule has 0 aliphatic heterocycles. The van der Waals surface area contributed by atoms with Crippen molar-refractivity contribution in [1.29, 1.82) is 0 Å². The second kappa shape index (κ2) is 7.23. The molecule has 0 amide bonds. The molecule has 1 rings (SSSR count). The summed E-state index contributed by atoms with van der Waals surface area (Å²) in [6, 6.07) is 8.33. The van der Waals surface area contributed by atoms with Crippen LogP contribution in [0.5, 0.6) is 0 Å². The Morgan fingerprint density at radius 1 is 1.24 bits per heavy atom. The maximum Gasteiger partial charge on any atom is 0.140 e. The molecule has 0 bridgehead atoms. The molecule has 2 N–H and O–H groups in total. The van der Waals surface area contributed by atoms with E-state index in [4.69, 9.17) is 5.73 Å². The molecule has 0 spiro atoms. The molecule has 2 nitrogen and oxygen atoms in total. The van der Waals surface area contributed by atoms with E-state index in [1.54, 1.807) is 0 Å². The van der Waals surface area contributed by atoms with Gasteiger partial charge >= 0.3 is 0 Å². The van der Waals surface area contributed by atoms with Gasteiger partial charge in [-0.15, -0.1) is 0 Å². The van der Waals surface area contributed by atoms with Gasteiger partial charge in [0, 0.05) is 12.3 Å². The number of nitrogens with two attached hydrogens (primary N) is 1. The molecule has 0 aromatic heterocycles. The number of benzene rings is 1. The number of carbonyl (C=O) groups excluding carboxylic acids is 1. The van der Waals surface area contributed by atoms with Crippen molar-refractivity contribution >= 4 is 5.78 Å². The molecular formula is C15H23NO. The highest BCUT2D eigenvalue weighted by Gasteiger charge is 2.12. The Morgan fingerprint density at radius 2 is 1.82 bits per heavy atom. The van der Waals surface area contributed by atoms with E-state index >= 15 is 0 Å². The quantitative estimate of drug-likeness (QED) is 0.787. The van der Waals surface area contributed by atoms with Crippen LogP contribution in [-0.2, 0) is 17.6 Å². The Labute approximate surface area is 104 Å². The van der Waals surface area contributed by atoms with Gasteiger partial charge in [-0.25, -0.2) is 0 Å². The van der Waals surface area contributed by atoms with Gasteiger partial charge in [-0.05, 0) is 36.9 Å². The number of ketones is 1. The first-order valence-electron chi connectivity index (χ1n) is 6.48. The molecule has 0 aliphatic rings. The fourth-order valence-corrected chi connectivity index (χ4v) is 1.85. The molecule has 0 saturated carbocycles. The van der Waals surface area contributed by atoms with Crippen LogP contribution in [-0.4, -0.2) is 12.3 Å². The van der Waals surface area contributed by atoms with E-state index in [-0.39, 0.29) is 5.92 Å². The number of hydrogen-bond acceptors (Lipinski definition) is 2. The van der Waals surface area contributed by atoms with Crippen LogP contribution in [0.1, 0.15) is 37.8 Å². The Kier molecular flexibility index (Phi) is 5.92. The summed E-state index contributed by atoms with van der Waals surface area (Å²) in [4.78, 5) is 11.9. The minimum Gasteiger partial charge on any atom is -0.330 e. The fourth-order valence-electron chi connectivity index (χ4n) is 1.85. The van der Waals surface area contributed by atoms with Crippen molar-refractivity contribution < 1.29 is 4.79 Å². The Hall–Kier alpha value is -1.15. The predicted octanol–water partition coefficient (Wildman–Crippen LogP) is 2.74. The highest BCUT2D eigenvalue weighted by atomic mass is 16.1. The third kappa shape index (κ3) is 4.70. The number of Topliss-reactive ketones (excluding diaryl/α,β-unsaturated/α-hetero) is 1. The van der Waals surface area contributed by atoms with E-state index in [0.29, 0.717) is 18.7 Å². The largest absolute Gasteiger partial charge is 0.330 e. The molecule has 1 aromatic carbocycles.